The molecule has 1 aliphatic carbocycles. The summed E-state index contributed by atoms with van der Waals surface area (Å²) in [5, 5.41) is 6.18. The molecule has 1 fully saturated rings. The Bertz CT molecular complexity index is 399. The zero-order valence-electron chi connectivity index (χ0n) is 10.5. The van der Waals surface area contributed by atoms with Gasteiger partial charge >= 0.3 is 0 Å². The number of para-hydroxylation sites is 1. The van der Waals surface area contributed by atoms with Crippen molar-refractivity contribution >= 4 is 11.6 Å². The molecule has 0 spiro atoms. The van der Waals surface area contributed by atoms with Gasteiger partial charge in [0.25, 0.3) is 0 Å². The average Bonchev–Trinajstić information content (AvgIpc) is 3.15. The number of carbonyl (C=O) groups is 1. The Morgan fingerprint density at radius 1 is 1.41 bits per heavy atom. The Hall–Kier alpha value is -1.51. The topological polar surface area (TPSA) is 41.1 Å². The number of nitrogens with one attached hydrogen (secondary N) is 2. The second-order valence-electron chi connectivity index (χ2n) is 4.78. The molecule has 3 nitrogen and oxygen atoms in total. The minimum Gasteiger partial charge on any atom is -0.382 e. The molecule has 0 aliphatic heterocycles. The van der Waals surface area contributed by atoms with E-state index >= 15 is 0 Å². The number of benzene rings is 1. The first-order chi connectivity index (χ1) is 8.20. The SMILES string of the molecule is CNC(=O)Cc1ccccc1NC(C)C1CC1. The molecule has 1 atom stereocenters. The Labute approximate surface area is 103 Å². The number of hydrogen-bond donors (Lipinski definition) is 2. The number of amides is 1. The van der Waals surface area contributed by atoms with Gasteiger partial charge in [0.1, 0.15) is 0 Å². The van der Waals surface area contributed by atoms with Crippen LogP contribution in [0.5, 0.6) is 0 Å². The molecule has 0 heterocycles. The van der Waals surface area contributed by atoms with E-state index in [0.717, 1.165) is 17.2 Å². The van der Waals surface area contributed by atoms with Crippen LogP contribution < -0.4 is 10.6 Å². The average molecular weight is 232 g/mol. The summed E-state index contributed by atoms with van der Waals surface area (Å²) in [4.78, 5) is 11.4. The molecule has 2 N–H and O–H groups in total. The fourth-order valence-electron chi connectivity index (χ4n) is 2.04. The first-order valence-electron chi connectivity index (χ1n) is 6.25. The summed E-state index contributed by atoms with van der Waals surface area (Å²) in [6.45, 7) is 2.22. The van der Waals surface area contributed by atoms with Crippen LogP contribution in [0, 0.1) is 5.92 Å². The molecule has 17 heavy (non-hydrogen) atoms. The number of carbonyl (C=O) groups excluding carboxylic acids is 1. The Morgan fingerprint density at radius 2 is 2.12 bits per heavy atom. The van der Waals surface area contributed by atoms with E-state index in [-0.39, 0.29) is 5.91 Å². The molecular formula is C14H20N2O. The standard InChI is InChI=1S/C14H20N2O/c1-10(11-7-8-11)16-13-6-4-3-5-12(13)9-14(17)15-2/h3-6,10-11,16H,7-9H2,1-2H3,(H,15,17). The third kappa shape index (κ3) is 3.22. The molecule has 0 saturated heterocycles. The van der Waals surface area contributed by atoms with E-state index in [2.05, 4.69) is 23.6 Å². The van der Waals surface area contributed by atoms with Gasteiger partial charge in [-0.1, -0.05) is 18.2 Å². The van der Waals surface area contributed by atoms with Crippen LogP contribution in [0.1, 0.15) is 25.3 Å². The maximum atomic E-state index is 11.4. The first kappa shape index (κ1) is 12.0. The largest absolute Gasteiger partial charge is 0.382 e. The zero-order valence-corrected chi connectivity index (χ0v) is 10.5. The third-order valence-corrected chi connectivity index (χ3v) is 3.36. The van der Waals surface area contributed by atoms with Crippen LogP contribution in [0.4, 0.5) is 5.69 Å². The smallest absolute Gasteiger partial charge is 0.224 e. The quantitative estimate of drug-likeness (QED) is 0.817. The lowest BCUT2D eigenvalue weighted by molar-refractivity contribution is -0.119. The molecule has 0 bridgehead atoms. The summed E-state index contributed by atoms with van der Waals surface area (Å²) >= 11 is 0. The summed E-state index contributed by atoms with van der Waals surface area (Å²) in [5.41, 5.74) is 2.16. The van der Waals surface area contributed by atoms with E-state index in [1.165, 1.54) is 12.8 Å². The Kier molecular flexibility index (Phi) is 3.67. The fraction of sp³-hybridized carbons (Fsp3) is 0.500. The van der Waals surface area contributed by atoms with Crippen molar-refractivity contribution in [2.45, 2.75) is 32.2 Å². The highest BCUT2D eigenvalue weighted by molar-refractivity contribution is 5.80. The summed E-state index contributed by atoms with van der Waals surface area (Å²) in [7, 11) is 1.67. The monoisotopic (exact) mass is 232 g/mol. The van der Waals surface area contributed by atoms with Gasteiger partial charge in [-0.25, -0.2) is 0 Å². The van der Waals surface area contributed by atoms with Gasteiger partial charge in [-0.05, 0) is 37.3 Å². The van der Waals surface area contributed by atoms with Crippen molar-refractivity contribution in [3.63, 3.8) is 0 Å². The molecule has 1 aliphatic rings. The van der Waals surface area contributed by atoms with Crippen molar-refractivity contribution in [2.24, 2.45) is 5.92 Å². The minimum absolute atomic E-state index is 0.0540. The minimum atomic E-state index is 0.0540. The molecule has 1 saturated carbocycles. The van der Waals surface area contributed by atoms with Crippen LogP contribution in [-0.4, -0.2) is 19.0 Å². The number of rotatable bonds is 5. The van der Waals surface area contributed by atoms with Crippen molar-refractivity contribution in [2.75, 3.05) is 12.4 Å². The number of anilines is 1. The zero-order chi connectivity index (χ0) is 12.3. The van der Waals surface area contributed by atoms with Crippen LogP contribution >= 0.6 is 0 Å². The lowest BCUT2D eigenvalue weighted by atomic mass is 10.1. The van der Waals surface area contributed by atoms with Crippen molar-refractivity contribution in [1.29, 1.82) is 0 Å². The van der Waals surface area contributed by atoms with Gasteiger partial charge in [0.15, 0.2) is 0 Å². The molecule has 1 aromatic rings. The van der Waals surface area contributed by atoms with Gasteiger partial charge in [0.05, 0.1) is 6.42 Å². The molecule has 1 amide bonds. The van der Waals surface area contributed by atoms with E-state index < -0.39 is 0 Å². The molecule has 0 radical (unpaired) electrons. The van der Waals surface area contributed by atoms with Crippen LogP contribution in [0.15, 0.2) is 24.3 Å². The number of likely N-dealkylation sites (N-methyl/N-ethyl adjacent to an activating group) is 1. The summed E-state index contributed by atoms with van der Waals surface area (Å²) < 4.78 is 0. The molecular weight excluding hydrogens is 212 g/mol. The fourth-order valence-corrected chi connectivity index (χ4v) is 2.04. The van der Waals surface area contributed by atoms with E-state index in [9.17, 15) is 4.79 Å². The Balaban J connectivity index is 2.06. The van der Waals surface area contributed by atoms with Gasteiger partial charge in [-0.15, -0.1) is 0 Å². The maximum absolute atomic E-state index is 11.4. The second kappa shape index (κ2) is 5.21. The van der Waals surface area contributed by atoms with Gasteiger partial charge in [0, 0.05) is 18.8 Å². The normalized spacial score (nSPS) is 16.4. The first-order valence-corrected chi connectivity index (χ1v) is 6.25. The molecule has 3 heteroatoms. The van der Waals surface area contributed by atoms with Crippen molar-refractivity contribution < 1.29 is 4.79 Å². The predicted molar refractivity (Wildman–Crippen MR) is 70.0 cm³/mol. The van der Waals surface area contributed by atoms with Gasteiger partial charge in [-0.2, -0.15) is 0 Å². The van der Waals surface area contributed by atoms with Crippen molar-refractivity contribution in [3.8, 4) is 0 Å². The van der Waals surface area contributed by atoms with Crippen LogP contribution in [-0.2, 0) is 11.2 Å². The molecule has 1 unspecified atom stereocenters. The summed E-state index contributed by atoms with van der Waals surface area (Å²) in [6.07, 6.45) is 3.09. The third-order valence-electron chi connectivity index (χ3n) is 3.36. The van der Waals surface area contributed by atoms with Gasteiger partial charge < -0.3 is 10.6 Å². The Morgan fingerprint density at radius 3 is 2.76 bits per heavy atom. The van der Waals surface area contributed by atoms with Crippen LogP contribution in [0.2, 0.25) is 0 Å². The molecule has 92 valence electrons. The van der Waals surface area contributed by atoms with E-state index in [1.807, 2.05) is 18.2 Å². The van der Waals surface area contributed by atoms with Gasteiger partial charge in [-0.3, -0.25) is 4.79 Å². The number of hydrogen-bond acceptors (Lipinski definition) is 2. The highest BCUT2D eigenvalue weighted by Crippen LogP contribution is 2.34. The molecule has 2 rings (SSSR count). The van der Waals surface area contributed by atoms with Crippen molar-refractivity contribution in [1.82, 2.24) is 5.32 Å². The molecule has 1 aromatic carbocycles. The predicted octanol–water partition coefficient (Wildman–Crippen LogP) is 2.19. The van der Waals surface area contributed by atoms with Crippen LogP contribution in [0.25, 0.3) is 0 Å². The highest BCUT2D eigenvalue weighted by atomic mass is 16.1. The van der Waals surface area contributed by atoms with E-state index in [1.54, 1.807) is 7.05 Å². The summed E-state index contributed by atoms with van der Waals surface area (Å²) in [6, 6.07) is 8.55. The van der Waals surface area contributed by atoms with E-state index in [4.69, 9.17) is 0 Å². The van der Waals surface area contributed by atoms with Crippen molar-refractivity contribution in [3.05, 3.63) is 29.8 Å². The highest BCUT2D eigenvalue weighted by Gasteiger charge is 2.28. The van der Waals surface area contributed by atoms with E-state index in [0.29, 0.717) is 12.5 Å². The summed E-state index contributed by atoms with van der Waals surface area (Å²) in [5.74, 6) is 0.862. The lowest BCUT2D eigenvalue weighted by Gasteiger charge is -2.17. The second-order valence-corrected chi connectivity index (χ2v) is 4.78. The molecule has 0 aromatic heterocycles. The van der Waals surface area contributed by atoms with Crippen LogP contribution in [0.3, 0.4) is 0 Å². The maximum Gasteiger partial charge on any atom is 0.224 e. The lowest BCUT2D eigenvalue weighted by Crippen LogP contribution is -2.22. The van der Waals surface area contributed by atoms with Gasteiger partial charge in [0.2, 0.25) is 5.91 Å².